The summed E-state index contributed by atoms with van der Waals surface area (Å²) in [7, 11) is 0. The van der Waals surface area contributed by atoms with Crippen molar-refractivity contribution in [1.29, 1.82) is 0 Å². The molecule has 1 heterocycles. The van der Waals surface area contributed by atoms with Crippen LogP contribution in [-0.2, 0) is 6.42 Å². The summed E-state index contributed by atoms with van der Waals surface area (Å²) in [4.78, 5) is 0. The van der Waals surface area contributed by atoms with Gasteiger partial charge in [-0.1, -0.05) is 6.42 Å². The SMILES string of the molecule is OC1CCCCc2cn(C(F)F)cc21. The Labute approximate surface area is 81.2 Å². The maximum Gasteiger partial charge on any atom is 0.318 e. The summed E-state index contributed by atoms with van der Waals surface area (Å²) in [6.45, 7) is -2.51. The molecule has 0 saturated carbocycles. The largest absolute Gasteiger partial charge is 0.388 e. The van der Waals surface area contributed by atoms with Crippen LogP contribution in [-0.4, -0.2) is 9.67 Å². The van der Waals surface area contributed by atoms with E-state index >= 15 is 0 Å². The minimum atomic E-state index is -2.51. The van der Waals surface area contributed by atoms with E-state index in [1.807, 2.05) is 0 Å². The molecule has 1 unspecified atom stereocenters. The van der Waals surface area contributed by atoms with Crippen molar-refractivity contribution in [3.63, 3.8) is 0 Å². The molecule has 0 aromatic carbocycles. The van der Waals surface area contributed by atoms with E-state index in [2.05, 4.69) is 0 Å². The van der Waals surface area contributed by atoms with Crippen molar-refractivity contribution in [2.24, 2.45) is 0 Å². The maximum absolute atomic E-state index is 12.4. The lowest BCUT2D eigenvalue weighted by Crippen LogP contribution is -1.96. The van der Waals surface area contributed by atoms with Crippen LogP contribution in [0.25, 0.3) is 0 Å². The Morgan fingerprint density at radius 2 is 2.14 bits per heavy atom. The molecule has 1 aromatic heterocycles. The number of rotatable bonds is 1. The van der Waals surface area contributed by atoms with Gasteiger partial charge in [-0.2, -0.15) is 8.78 Å². The number of hydrogen-bond donors (Lipinski definition) is 1. The third kappa shape index (κ3) is 1.66. The zero-order valence-corrected chi connectivity index (χ0v) is 7.79. The molecule has 78 valence electrons. The molecule has 1 N–H and O–H groups in total. The van der Waals surface area contributed by atoms with Gasteiger partial charge in [-0.05, 0) is 24.8 Å². The first-order valence-corrected chi connectivity index (χ1v) is 4.85. The Kier molecular flexibility index (Phi) is 2.54. The standard InChI is InChI=1S/C10H13F2NO/c11-10(12)13-5-7-3-1-2-4-9(14)8(7)6-13/h5-6,9-10,14H,1-4H2. The van der Waals surface area contributed by atoms with Gasteiger partial charge in [0.15, 0.2) is 0 Å². The molecular formula is C10H13F2NO. The van der Waals surface area contributed by atoms with E-state index in [1.165, 1.54) is 12.4 Å². The summed E-state index contributed by atoms with van der Waals surface area (Å²) in [6.07, 6.45) is 5.67. The molecule has 2 rings (SSSR count). The Bertz CT molecular complexity index is 322. The van der Waals surface area contributed by atoms with Gasteiger partial charge in [-0.25, -0.2) is 0 Å². The fourth-order valence-corrected chi connectivity index (χ4v) is 1.97. The molecular weight excluding hydrogens is 188 g/mol. The molecule has 0 amide bonds. The van der Waals surface area contributed by atoms with Crippen LogP contribution in [0.5, 0.6) is 0 Å². The van der Waals surface area contributed by atoms with Crippen LogP contribution in [0.1, 0.15) is 43.0 Å². The molecule has 14 heavy (non-hydrogen) atoms. The zero-order valence-electron chi connectivity index (χ0n) is 7.79. The molecule has 0 fully saturated rings. The summed E-state index contributed by atoms with van der Waals surface area (Å²) in [5.41, 5.74) is 1.55. The summed E-state index contributed by atoms with van der Waals surface area (Å²) in [5.74, 6) is 0. The van der Waals surface area contributed by atoms with Crippen molar-refractivity contribution in [2.45, 2.75) is 38.3 Å². The quantitative estimate of drug-likeness (QED) is 0.694. The molecule has 0 aliphatic heterocycles. The van der Waals surface area contributed by atoms with Gasteiger partial charge in [-0.3, -0.25) is 4.57 Å². The molecule has 0 bridgehead atoms. The lowest BCUT2D eigenvalue weighted by molar-refractivity contribution is 0.0699. The van der Waals surface area contributed by atoms with Crippen molar-refractivity contribution >= 4 is 0 Å². The van der Waals surface area contributed by atoms with Crippen LogP contribution < -0.4 is 0 Å². The number of nitrogens with zero attached hydrogens (tertiary/aromatic N) is 1. The van der Waals surface area contributed by atoms with Crippen LogP contribution in [0.4, 0.5) is 8.78 Å². The number of hydrogen-bond acceptors (Lipinski definition) is 1. The molecule has 0 saturated heterocycles. The Morgan fingerprint density at radius 3 is 2.86 bits per heavy atom. The van der Waals surface area contributed by atoms with Gasteiger partial charge >= 0.3 is 6.55 Å². The van der Waals surface area contributed by atoms with Crippen LogP contribution in [0.15, 0.2) is 12.4 Å². The number of halogens is 2. The van der Waals surface area contributed by atoms with Gasteiger partial charge in [0.2, 0.25) is 0 Å². The molecule has 1 aliphatic rings. The van der Waals surface area contributed by atoms with Crippen molar-refractivity contribution in [3.05, 3.63) is 23.5 Å². The zero-order chi connectivity index (χ0) is 10.1. The average Bonchev–Trinajstić information content (AvgIpc) is 2.49. The first-order valence-electron chi connectivity index (χ1n) is 4.85. The summed E-state index contributed by atoms with van der Waals surface area (Å²) in [5, 5.41) is 9.68. The van der Waals surface area contributed by atoms with E-state index in [0.717, 1.165) is 29.4 Å². The minimum Gasteiger partial charge on any atom is -0.388 e. The highest BCUT2D eigenvalue weighted by Crippen LogP contribution is 2.30. The number of aryl methyl sites for hydroxylation is 1. The van der Waals surface area contributed by atoms with Gasteiger partial charge in [-0.15, -0.1) is 0 Å². The van der Waals surface area contributed by atoms with Crippen molar-refractivity contribution < 1.29 is 13.9 Å². The van der Waals surface area contributed by atoms with Crippen LogP contribution >= 0.6 is 0 Å². The monoisotopic (exact) mass is 201 g/mol. The van der Waals surface area contributed by atoms with E-state index in [-0.39, 0.29) is 0 Å². The van der Waals surface area contributed by atoms with Crippen LogP contribution in [0.3, 0.4) is 0 Å². The van der Waals surface area contributed by atoms with E-state index < -0.39 is 12.7 Å². The topological polar surface area (TPSA) is 25.2 Å². The molecule has 4 heteroatoms. The fraction of sp³-hybridized carbons (Fsp3) is 0.600. The normalized spacial score (nSPS) is 22.1. The predicted octanol–water partition coefficient (Wildman–Crippen LogP) is 2.64. The highest BCUT2D eigenvalue weighted by molar-refractivity contribution is 5.28. The highest BCUT2D eigenvalue weighted by atomic mass is 19.3. The third-order valence-corrected chi connectivity index (χ3v) is 2.72. The molecule has 1 aliphatic carbocycles. The molecule has 1 aromatic rings. The van der Waals surface area contributed by atoms with Gasteiger partial charge in [0.1, 0.15) is 0 Å². The molecule has 0 radical (unpaired) electrons. The first kappa shape index (κ1) is 9.65. The Balaban J connectivity index is 2.34. The van der Waals surface area contributed by atoms with Gasteiger partial charge in [0, 0.05) is 18.0 Å². The number of aliphatic hydroxyl groups is 1. The summed E-state index contributed by atoms with van der Waals surface area (Å²) < 4.78 is 25.6. The van der Waals surface area contributed by atoms with E-state index in [4.69, 9.17) is 0 Å². The van der Waals surface area contributed by atoms with E-state index in [9.17, 15) is 13.9 Å². The minimum absolute atomic E-state index is 0.563. The third-order valence-electron chi connectivity index (χ3n) is 2.72. The lowest BCUT2D eigenvalue weighted by atomic mass is 10.1. The van der Waals surface area contributed by atoms with Crippen LogP contribution in [0.2, 0.25) is 0 Å². The molecule has 0 spiro atoms. The number of aromatic nitrogens is 1. The number of aliphatic hydroxyl groups excluding tert-OH is 1. The second-order valence-electron chi connectivity index (χ2n) is 3.73. The Hall–Kier alpha value is -0.900. The second kappa shape index (κ2) is 3.69. The highest BCUT2D eigenvalue weighted by Gasteiger charge is 2.20. The van der Waals surface area contributed by atoms with Crippen molar-refractivity contribution in [3.8, 4) is 0 Å². The van der Waals surface area contributed by atoms with Gasteiger partial charge in [0.25, 0.3) is 0 Å². The average molecular weight is 201 g/mol. The summed E-state index contributed by atoms with van der Waals surface area (Å²) >= 11 is 0. The fourth-order valence-electron chi connectivity index (χ4n) is 1.97. The predicted molar refractivity (Wildman–Crippen MR) is 48.2 cm³/mol. The smallest absolute Gasteiger partial charge is 0.318 e. The molecule has 1 atom stereocenters. The Morgan fingerprint density at radius 1 is 1.36 bits per heavy atom. The first-order chi connectivity index (χ1) is 6.68. The number of fused-ring (bicyclic) bond motifs is 1. The second-order valence-corrected chi connectivity index (χ2v) is 3.73. The molecule has 2 nitrogen and oxygen atoms in total. The van der Waals surface area contributed by atoms with E-state index in [1.54, 1.807) is 0 Å². The van der Waals surface area contributed by atoms with Crippen molar-refractivity contribution in [2.75, 3.05) is 0 Å². The van der Waals surface area contributed by atoms with Crippen LogP contribution in [0, 0.1) is 0 Å². The van der Waals surface area contributed by atoms with Gasteiger partial charge < -0.3 is 5.11 Å². The van der Waals surface area contributed by atoms with Crippen molar-refractivity contribution in [1.82, 2.24) is 4.57 Å². The number of alkyl halides is 2. The van der Waals surface area contributed by atoms with E-state index in [0.29, 0.717) is 12.0 Å². The lowest BCUT2D eigenvalue weighted by Gasteiger charge is -2.05. The maximum atomic E-state index is 12.4. The van der Waals surface area contributed by atoms with Gasteiger partial charge in [0.05, 0.1) is 6.10 Å². The summed E-state index contributed by atoms with van der Waals surface area (Å²) in [6, 6.07) is 0.